The number of nitrogens with zero attached hydrogens (tertiary/aromatic N) is 6. The third kappa shape index (κ3) is 1.50. The van der Waals surface area contributed by atoms with Crippen molar-refractivity contribution in [1.29, 1.82) is 0 Å². The summed E-state index contributed by atoms with van der Waals surface area (Å²) in [6.07, 6.45) is 6.41. The van der Waals surface area contributed by atoms with Gasteiger partial charge in [-0.05, 0) is 35.1 Å². The molecule has 0 aromatic carbocycles. The monoisotopic (exact) mass is 274 g/mol. The van der Waals surface area contributed by atoms with Crippen LogP contribution >= 0.6 is 0 Å². The zero-order chi connectivity index (χ0) is 13.7. The average Bonchev–Trinajstić information content (AvgIpc) is 3.11. The fourth-order valence-electron chi connectivity index (χ4n) is 3.72. The molecule has 0 bridgehead atoms. The number of carboxylic acids is 1. The molecule has 1 N–H and O–H groups in total. The molecular weight excluding hydrogens is 260 g/mol. The lowest BCUT2D eigenvalue weighted by Crippen LogP contribution is -2.40. The largest absolute Gasteiger partial charge is 0.480 e. The molecule has 0 amide bonds. The second kappa shape index (κ2) is 4.12. The highest BCUT2D eigenvalue weighted by Crippen LogP contribution is 2.43. The van der Waals surface area contributed by atoms with Crippen LogP contribution in [0.2, 0.25) is 0 Å². The van der Waals surface area contributed by atoms with Gasteiger partial charge in [0.1, 0.15) is 6.04 Å². The second-order valence-electron chi connectivity index (χ2n) is 5.50. The quantitative estimate of drug-likeness (QED) is 0.836. The van der Waals surface area contributed by atoms with Gasteiger partial charge in [-0.1, -0.05) is 6.42 Å². The number of rotatable bonds is 2. The Bertz CT molecular complexity index is 671. The Labute approximate surface area is 114 Å². The first-order valence-corrected chi connectivity index (χ1v) is 6.77. The number of fused-ring (bicyclic) bond motifs is 2. The van der Waals surface area contributed by atoms with Gasteiger partial charge in [-0.2, -0.15) is 4.52 Å². The molecule has 1 aliphatic carbocycles. The van der Waals surface area contributed by atoms with Gasteiger partial charge in [-0.3, -0.25) is 4.98 Å². The van der Waals surface area contributed by atoms with E-state index >= 15 is 0 Å². The number of tetrazole rings is 1. The van der Waals surface area contributed by atoms with E-state index in [1.165, 1.54) is 0 Å². The van der Waals surface area contributed by atoms with Crippen LogP contribution in [-0.2, 0) is 4.79 Å². The summed E-state index contributed by atoms with van der Waals surface area (Å²) in [7, 11) is 0. The first kappa shape index (κ1) is 11.6. The number of anilines is 1. The van der Waals surface area contributed by atoms with Gasteiger partial charge in [0, 0.05) is 6.54 Å². The van der Waals surface area contributed by atoms with Gasteiger partial charge in [-0.15, -0.1) is 5.10 Å². The summed E-state index contributed by atoms with van der Waals surface area (Å²) in [5, 5.41) is 21.0. The molecule has 1 saturated heterocycles. The molecule has 20 heavy (non-hydrogen) atoms. The van der Waals surface area contributed by atoms with Crippen LogP contribution in [0.1, 0.15) is 19.3 Å². The van der Waals surface area contributed by atoms with Crippen molar-refractivity contribution in [3.63, 3.8) is 0 Å². The van der Waals surface area contributed by atoms with E-state index in [-0.39, 0.29) is 5.92 Å². The molecule has 8 nitrogen and oxygen atoms in total. The molecule has 104 valence electrons. The van der Waals surface area contributed by atoms with E-state index in [1.54, 1.807) is 16.9 Å². The Morgan fingerprint density at radius 1 is 1.35 bits per heavy atom. The number of hydrogen-bond acceptors (Lipinski definition) is 6. The summed E-state index contributed by atoms with van der Waals surface area (Å²) in [5.41, 5.74) is 0.531. The van der Waals surface area contributed by atoms with Crippen LogP contribution in [0.3, 0.4) is 0 Å². The minimum Gasteiger partial charge on any atom is -0.480 e. The Balaban J connectivity index is 1.81. The fraction of sp³-hybridized carbons (Fsp3) is 0.583. The smallest absolute Gasteiger partial charge is 0.326 e. The molecule has 2 aliphatic rings. The van der Waals surface area contributed by atoms with E-state index < -0.39 is 12.0 Å². The van der Waals surface area contributed by atoms with Crippen molar-refractivity contribution >= 4 is 17.4 Å². The van der Waals surface area contributed by atoms with E-state index in [0.717, 1.165) is 25.8 Å². The third-order valence-electron chi connectivity index (χ3n) is 4.53. The second-order valence-corrected chi connectivity index (χ2v) is 5.50. The lowest BCUT2D eigenvalue weighted by molar-refractivity contribution is -0.139. The normalized spacial score (nSPS) is 29.0. The molecule has 8 heteroatoms. The number of aliphatic carboxylic acids is 1. The Hall–Kier alpha value is -2.25. The summed E-state index contributed by atoms with van der Waals surface area (Å²) in [6, 6.07) is -0.501. The minimum atomic E-state index is -0.774. The maximum Gasteiger partial charge on any atom is 0.326 e. The first-order valence-electron chi connectivity index (χ1n) is 6.77. The Morgan fingerprint density at radius 3 is 3.10 bits per heavy atom. The lowest BCUT2D eigenvalue weighted by atomic mass is 9.94. The van der Waals surface area contributed by atoms with Crippen molar-refractivity contribution in [2.75, 3.05) is 11.4 Å². The van der Waals surface area contributed by atoms with Crippen molar-refractivity contribution < 1.29 is 9.90 Å². The predicted molar refractivity (Wildman–Crippen MR) is 68.2 cm³/mol. The minimum absolute atomic E-state index is 0.222. The highest BCUT2D eigenvalue weighted by atomic mass is 16.4. The molecule has 1 saturated carbocycles. The number of carboxylic acid groups (broad SMARTS) is 1. The van der Waals surface area contributed by atoms with Gasteiger partial charge in [0.25, 0.3) is 0 Å². The van der Waals surface area contributed by atoms with Crippen LogP contribution in [0.4, 0.5) is 5.82 Å². The van der Waals surface area contributed by atoms with Crippen molar-refractivity contribution in [2.45, 2.75) is 25.3 Å². The highest BCUT2D eigenvalue weighted by molar-refractivity contribution is 5.79. The van der Waals surface area contributed by atoms with Crippen LogP contribution in [-0.4, -0.2) is 48.7 Å². The topological polar surface area (TPSA) is 96.5 Å². The van der Waals surface area contributed by atoms with Gasteiger partial charge in [-0.25, -0.2) is 4.79 Å². The van der Waals surface area contributed by atoms with Crippen LogP contribution in [0.5, 0.6) is 0 Å². The zero-order valence-electron chi connectivity index (χ0n) is 10.8. The number of carbonyl (C=O) groups is 1. The first-order chi connectivity index (χ1) is 9.75. The summed E-state index contributed by atoms with van der Waals surface area (Å²) < 4.78 is 1.56. The van der Waals surface area contributed by atoms with Crippen LogP contribution in [0.15, 0.2) is 12.4 Å². The SMILES string of the molecule is O=C(O)C1C2CCCC2CN1c1cncc2nnnn12. The van der Waals surface area contributed by atoms with Crippen LogP contribution in [0, 0.1) is 11.8 Å². The maximum atomic E-state index is 11.7. The van der Waals surface area contributed by atoms with E-state index in [2.05, 4.69) is 20.5 Å². The van der Waals surface area contributed by atoms with Gasteiger partial charge >= 0.3 is 5.97 Å². The zero-order valence-corrected chi connectivity index (χ0v) is 10.8. The molecule has 4 rings (SSSR count). The molecule has 0 radical (unpaired) electrons. The number of aromatic nitrogens is 5. The molecule has 2 aromatic heterocycles. The number of hydrogen-bond donors (Lipinski definition) is 1. The Morgan fingerprint density at radius 2 is 2.25 bits per heavy atom. The molecule has 1 aliphatic heterocycles. The average molecular weight is 274 g/mol. The van der Waals surface area contributed by atoms with Crippen molar-refractivity contribution in [1.82, 2.24) is 25.0 Å². The van der Waals surface area contributed by atoms with Gasteiger partial charge in [0.15, 0.2) is 11.5 Å². The molecule has 2 fully saturated rings. The van der Waals surface area contributed by atoms with Crippen molar-refractivity contribution in [3.05, 3.63) is 12.4 Å². The van der Waals surface area contributed by atoms with Crippen LogP contribution < -0.4 is 4.90 Å². The summed E-state index contributed by atoms with van der Waals surface area (Å²) >= 11 is 0. The maximum absolute atomic E-state index is 11.7. The van der Waals surface area contributed by atoms with Crippen molar-refractivity contribution in [3.8, 4) is 0 Å². The molecule has 0 spiro atoms. The molecule has 2 aromatic rings. The van der Waals surface area contributed by atoms with E-state index in [1.807, 2.05) is 4.90 Å². The molecule has 3 heterocycles. The van der Waals surface area contributed by atoms with Gasteiger partial charge in [0.05, 0.1) is 12.4 Å². The van der Waals surface area contributed by atoms with Crippen molar-refractivity contribution in [2.24, 2.45) is 11.8 Å². The van der Waals surface area contributed by atoms with Crippen LogP contribution in [0.25, 0.3) is 5.65 Å². The van der Waals surface area contributed by atoms with Gasteiger partial charge in [0.2, 0.25) is 0 Å². The van der Waals surface area contributed by atoms with E-state index in [4.69, 9.17) is 0 Å². The summed E-state index contributed by atoms with van der Waals surface area (Å²) in [4.78, 5) is 17.7. The van der Waals surface area contributed by atoms with Gasteiger partial charge < -0.3 is 10.0 Å². The highest BCUT2D eigenvalue weighted by Gasteiger charge is 2.48. The Kier molecular flexibility index (Phi) is 2.38. The lowest BCUT2D eigenvalue weighted by Gasteiger charge is -2.25. The standard InChI is InChI=1S/C12H14N6O2/c19-12(20)11-8-3-1-2-7(8)6-17(11)10-5-13-4-9-14-15-16-18(9)10/h4-5,7-8,11H,1-3,6H2,(H,19,20). The third-order valence-corrected chi connectivity index (χ3v) is 4.53. The summed E-state index contributed by atoms with van der Waals surface area (Å²) in [5.74, 6) is 0.556. The molecular formula is C12H14N6O2. The van der Waals surface area contributed by atoms with E-state index in [0.29, 0.717) is 17.4 Å². The molecule has 3 unspecified atom stereocenters. The molecule has 3 atom stereocenters. The van der Waals surface area contributed by atoms with E-state index in [9.17, 15) is 9.90 Å². The summed E-state index contributed by atoms with van der Waals surface area (Å²) in [6.45, 7) is 0.738. The predicted octanol–water partition coefficient (Wildman–Crippen LogP) is 0.209. The fourth-order valence-corrected chi connectivity index (χ4v) is 3.72.